The number of carbonyl (C=O) groups excluding carboxylic acids is 1. The van der Waals surface area contributed by atoms with E-state index in [0.717, 1.165) is 35.7 Å². The molecule has 2 heterocycles. The van der Waals surface area contributed by atoms with Gasteiger partial charge in [0.15, 0.2) is 0 Å². The minimum atomic E-state index is -0.567. The topological polar surface area (TPSA) is 92.9 Å². The van der Waals surface area contributed by atoms with Crippen molar-refractivity contribution in [1.29, 1.82) is 0 Å². The number of nitrogen functional groups attached to an aromatic ring is 1. The van der Waals surface area contributed by atoms with Crippen LogP contribution in [0.25, 0.3) is 22.2 Å². The van der Waals surface area contributed by atoms with Gasteiger partial charge < -0.3 is 16.4 Å². The highest BCUT2D eigenvalue weighted by Crippen LogP contribution is 2.26. The first-order valence-corrected chi connectivity index (χ1v) is 11.0. The summed E-state index contributed by atoms with van der Waals surface area (Å²) in [5.41, 5.74) is 9.81. The maximum absolute atomic E-state index is 14.7. The van der Waals surface area contributed by atoms with Crippen LogP contribution in [-0.4, -0.2) is 21.9 Å². The smallest absolute Gasteiger partial charge is 0.254 e. The highest BCUT2D eigenvalue weighted by atomic mass is 19.1. The predicted octanol–water partition coefficient (Wildman–Crippen LogP) is 4.91. The molecular formula is C26H24FN5O. The number of hydrogen-bond donors (Lipinski definition) is 3. The van der Waals surface area contributed by atoms with Gasteiger partial charge in [0.1, 0.15) is 11.6 Å². The molecule has 166 valence electrons. The second-order valence-corrected chi connectivity index (χ2v) is 8.31. The van der Waals surface area contributed by atoms with E-state index < -0.39 is 5.82 Å². The average molecular weight is 442 g/mol. The Labute approximate surface area is 191 Å². The van der Waals surface area contributed by atoms with Gasteiger partial charge in [-0.05, 0) is 67.3 Å². The lowest BCUT2D eigenvalue weighted by Gasteiger charge is -2.26. The molecule has 0 radical (unpaired) electrons. The summed E-state index contributed by atoms with van der Waals surface area (Å²) in [6, 6.07) is 18.2. The van der Waals surface area contributed by atoms with Gasteiger partial charge >= 0.3 is 0 Å². The molecule has 4 aromatic rings. The number of carbonyl (C=O) groups is 1. The maximum Gasteiger partial charge on any atom is 0.254 e. The Hall–Kier alpha value is -4.00. The van der Waals surface area contributed by atoms with Crippen molar-refractivity contribution >= 4 is 28.3 Å². The number of nitrogens with two attached hydrogens (primary N) is 1. The molecule has 0 saturated heterocycles. The van der Waals surface area contributed by atoms with Crippen LogP contribution in [-0.2, 0) is 6.54 Å². The molecule has 0 bridgehead atoms. The van der Waals surface area contributed by atoms with E-state index in [0.29, 0.717) is 29.3 Å². The number of hydrogen-bond acceptors (Lipinski definition) is 5. The first-order valence-electron chi connectivity index (χ1n) is 11.0. The number of halogens is 1. The van der Waals surface area contributed by atoms with Crippen LogP contribution in [0.3, 0.4) is 0 Å². The number of anilines is 2. The summed E-state index contributed by atoms with van der Waals surface area (Å²) in [5.74, 6) is -0.421. The predicted molar refractivity (Wildman–Crippen MR) is 128 cm³/mol. The zero-order valence-electron chi connectivity index (χ0n) is 18.0. The van der Waals surface area contributed by atoms with Gasteiger partial charge in [-0.2, -0.15) is 0 Å². The van der Waals surface area contributed by atoms with Gasteiger partial charge in [-0.25, -0.2) is 9.37 Å². The molecule has 33 heavy (non-hydrogen) atoms. The number of benzene rings is 2. The fourth-order valence-corrected chi connectivity index (χ4v) is 3.87. The quantitative estimate of drug-likeness (QED) is 0.395. The number of nitrogens with zero attached hydrogens (tertiary/aromatic N) is 2. The fraction of sp³-hybridized carbons (Fsp3) is 0.192. The number of fused-ring (bicyclic) bond motifs is 1. The first-order chi connectivity index (χ1) is 16.1. The highest BCUT2D eigenvalue weighted by Gasteiger charge is 2.22. The largest absolute Gasteiger partial charge is 0.396 e. The number of aromatic nitrogens is 2. The van der Waals surface area contributed by atoms with Gasteiger partial charge in [0.05, 0.1) is 22.5 Å². The molecule has 7 heteroatoms. The van der Waals surface area contributed by atoms with Crippen LogP contribution < -0.4 is 16.4 Å². The summed E-state index contributed by atoms with van der Waals surface area (Å²) in [5, 5.41) is 7.19. The Morgan fingerprint density at radius 2 is 1.97 bits per heavy atom. The lowest BCUT2D eigenvalue weighted by atomic mass is 9.93. The van der Waals surface area contributed by atoms with Crippen LogP contribution >= 0.6 is 0 Å². The highest BCUT2D eigenvalue weighted by molar-refractivity contribution is 5.95. The van der Waals surface area contributed by atoms with Crippen molar-refractivity contribution in [2.24, 2.45) is 0 Å². The molecule has 0 atom stereocenters. The molecule has 1 aliphatic carbocycles. The van der Waals surface area contributed by atoms with E-state index in [1.165, 1.54) is 12.1 Å². The van der Waals surface area contributed by atoms with Crippen molar-refractivity contribution in [2.45, 2.75) is 31.8 Å². The first kappa shape index (κ1) is 20.9. The molecule has 4 N–H and O–H groups in total. The van der Waals surface area contributed by atoms with Crippen LogP contribution in [0.2, 0.25) is 0 Å². The molecular weight excluding hydrogens is 417 g/mol. The third kappa shape index (κ3) is 4.48. The minimum Gasteiger partial charge on any atom is -0.396 e. The summed E-state index contributed by atoms with van der Waals surface area (Å²) < 4.78 is 14.7. The molecule has 2 aromatic carbocycles. The summed E-state index contributed by atoms with van der Waals surface area (Å²) >= 11 is 0. The average Bonchev–Trinajstić information content (AvgIpc) is 2.80. The van der Waals surface area contributed by atoms with Crippen molar-refractivity contribution in [3.05, 3.63) is 83.8 Å². The normalized spacial score (nSPS) is 13.5. The van der Waals surface area contributed by atoms with Crippen LogP contribution in [0.4, 0.5) is 15.9 Å². The Bertz CT molecular complexity index is 1340. The second kappa shape index (κ2) is 8.86. The van der Waals surface area contributed by atoms with Crippen molar-refractivity contribution in [2.75, 3.05) is 11.1 Å². The van der Waals surface area contributed by atoms with E-state index in [4.69, 9.17) is 5.73 Å². The number of nitrogens with one attached hydrogen (secondary N) is 2. The third-order valence-corrected chi connectivity index (χ3v) is 6.00. The molecule has 1 fully saturated rings. The number of rotatable bonds is 6. The van der Waals surface area contributed by atoms with Gasteiger partial charge in [-0.15, -0.1) is 0 Å². The van der Waals surface area contributed by atoms with Crippen LogP contribution in [0, 0.1) is 5.82 Å². The fourth-order valence-electron chi connectivity index (χ4n) is 3.87. The zero-order valence-corrected chi connectivity index (χ0v) is 18.0. The van der Waals surface area contributed by atoms with E-state index in [9.17, 15) is 9.18 Å². The molecule has 1 amide bonds. The van der Waals surface area contributed by atoms with E-state index in [2.05, 4.69) is 26.7 Å². The molecule has 5 rings (SSSR count). The third-order valence-electron chi connectivity index (χ3n) is 6.00. The van der Waals surface area contributed by atoms with Crippen molar-refractivity contribution in [3.63, 3.8) is 0 Å². The molecule has 6 nitrogen and oxygen atoms in total. The van der Waals surface area contributed by atoms with E-state index in [1.807, 2.05) is 24.3 Å². The lowest BCUT2D eigenvalue weighted by Crippen LogP contribution is -2.39. The summed E-state index contributed by atoms with van der Waals surface area (Å²) in [6.45, 7) is 0.528. The minimum absolute atomic E-state index is 0.0465. The lowest BCUT2D eigenvalue weighted by molar-refractivity contribution is 0.0913. The van der Waals surface area contributed by atoms with Gasteiger partial charge in [0, 0.05) is 29.7 Å². The maximum atomic E-state index is 14.7. The Balaban J connectivity index is 1.33. The summed E-state index contributed by atoms with van der Waals surface area (Å²) in [6.07, 6.45) is 4.77. The molecule has 0 aliphatic heterocycles. The van der Waals surface area contributed by atoms with E-state index in [1.54, 1.807) is 24.4 Å². The molecule has 0 spiro atoms. The number of pyridine rings is 2. The van der Waals surface area contributed by atoms with Crippen LogP contribution in [0.15, 0.2) is 66.9 Å². The van der Waals surface area contributed by atoms with Crippen molar-refractivity contribution in [3.8, 4) is 11.3 Å². The van der Waals surface area contributed by atoms with Gasteiger partial charge in [-0.1, -0.05) is 18.2 Å². The van der Waals surface area contributed by atoms with Crippen LogP contribution in [0.5, 0.6) is 0 Å². The Kier molecular flexibility index (Phi) is 5.60. The Morgan fingerprint density at radius 1 is 1.09 bits per heavy atom. The van der Waals surface area contributed by atoms with Crippen molar-refractivity contribution < 1.29 is 9.18 Å². The SMILES string of the molecule is Nc1ccc(-c2ccc(C(=O)NC3CCC3)c(F)c2)nc1NCc1ccc2ncccc2c1. The summed E-state index contributed by atoms with van der Waals surface area (Å²) in [4.78, 5) is 21.2. The van der Waals surface area contributed by atoms with Gasteiger partial charge in [0.2, 0.25) is 0 Å². The molecule has 2 aromatic heterocycles. The number of amides is 1. The molecule has 1 saturated carbocycles. The van der Waals surface area contributed by atoms with Crippen molar-refractivity contribution in [1.82, 2.24) is 15.3 Å². The second-order valence-electron chi connectivity index (χ2n) is 8.31. The Morgan fingerprint density at radius 3 is 2.76 bits per heavy atom. The van der Waals surface area contributed by atoms with E-state index >= 15 is 0 Å². The molecule has 0 unspecified atom stereocenters. The monoisotopic (exact) mass is 441 g/mol. The van der Waals surface area contributed by atoms with Gasteiger partial charge in [0.25, 0.3) is 5.91 Å². The zero-order chi connectivity index (χ0) is 22.8. The standard InChI is InChI=1S/C26H24FN5O/c27-21-14-18(7-8-20(21)26(33)31-19-4-1-5-19)24-11-9-22(28)25(32-24)30-15-16-6-10-23-17(13-16)3-2-12-29-23/h2-3,6-14,19H,1,4-5,15,28H2,(H,30,32)(H,31,33). The summed E-state index contributed by atoms with van der Waals surface area (Å²) in [7, 11) is 0. The van der Waals surface area contributed by atoms with E-state index in [-0.39, 0.29) is 17.5 Å². The van der Waals surface area contributed by atoms with Crippen LogP contribution in [0.1, 0.15) is 35.2 Å². The van der Waals surface area contributed by atoms with Gasteiger partial charge in [-0.3, -0.25) is 9.78 Å². The molecule has 1 aliphatic rings.